The van der Waals surface area contributed by atoms with E-state index in [-0.39, 0.29) is 23.6 Å². The van der Waals surface area contributed by atoms with Crippen molar-refractivity contribution in [1.29, 1.82) is 0 Å². The molecule has 0 saturated carbocycles. The third-order valence-electron chi connectivity index (χ3n) is 5.46. The van der Waals surface area contributed by atoms with Crippen LogP contribution < -0.4 is 37.2 Å². The van der Waals surface area contributed by atoms with Gasteiger partial charge in [0.25, 0.3) is 11.8 Å². The molecule has 12 nitrogen and oxygen atoms in total. The molecule has 6 aliphatic heterocycles. The number of ether oxygens (including phenoxy) is 1. The molecule has 7 N–H and O–H groups in total. The van der Waals surface area contributed by atoms with Crippen molar-refractivity contribution >= 4 is 23.6 Å². The van der Waals surface area contributed by atoms with Crippen molar-refractivity contribution in [3.63, 3.8) is 0 Å². The van der Waals surface area contributed by atoms with Gasteiger partial charge in [0.1, 0.15) is 0 Å². The molecule has 49 heavy (non-hydrogen) atoms. The topological polar surface area (TPSA) is 162 Å². The lowest BCUT2D eigenvalue weighted by molar-refractivity contribution is -0.125. The molecule has 0 unspecified atom stereocenters. The van der Waals surface area contributed by atoms with Crippen LogP contribution in [0.25, 0.3) is 0 Å². The van der Waals surface area contributed by atoms with E-state index in [1.807, 2.05) is 88.4 Å². The molecule has 6 heterocycles. The molecule has 0 atom stereocenters. The predicted octanol–water partition coefficient (Wildman–Crippen LogP) is 4.69. The molecule has 5 fully saturated rings. The molecule has 12 heteroatoms. The summed E-state index contributed by atoms with van der Waals surface area (Å²) < 4.78 is 5.01. The zero-order chi connectivity index (χ0) is 38.8. The molecule has 6 rings (SSSR count). The minimum Gasteiger partial charge on any atom is -0.379 e. The Morgan fingerprint density at radius 3 is 0.796 bits per heavy atom. The van der Waals surface area contributed by atoms with Gasteiger partial charge >= 0.3 is 0 Å². The van der Waals surface area contributed by atoms with Gasteiger partial charge in [-0.15, -0.1) is 0 Å². The molecule has 0 spiro atoms. The number of hydrogen-bond acceptors (Lipinski definition) is 10. The Labute approximate surface area is 303 Å². The van der Waals surface area contributed by atoms with Crippen molar-refractivity contribution in [2.24, 2.45) is 0 Å². The van der Waals surface area contributed by atoms with Gasteiger partial charge in [0.2, 0.25) is 11.8 Å². The van der Waals surface area contributed by atoms with Gasteiger partial charge in [-0.25, -0.2) is 0 Å². The van der Waals surface area contributed by atoms with E-state index in [1.165, 1.54) is 70.4 Å². The number of carbonyl (C=O) groups excluding carboxylic acids is 4. The van der Waals surface area contributed by atoms with Gasteiger partial charge in [-0.05, 0) is 51.9 Å². The third-order valence-corrected chi connectivity index (χ3v) is 5.46. The van der Waals surface area contributed by atoms with Gasteiger partial charge < -0.3 is 31.3 Å². The highest BCUT2D eigenvalue weighted by Crippen LogP contribution is 1.97. The van der Waals surface area contributed by atoms with Gasteiger partial charge in [0.15, 0.2) is 0 Å². The van der Waals surface area contributed by atoms with E-state index >= 15 is 0 Å². The third kappa shape index (κ3) is 58.3. The fourth-order valence-electron chi connectivity index (χ4n) is 3.41. The molecule has 4 amide bonds. The van der Waals surface area contributed by atoms with Crippen LogP contribution in [0.4, 0.5) is 0 Å². The quantitative estimate of drug-likeness (QED) is 0.176. The molecule has 6 aliphatic rings. The van der Waals surface area contributed by atoms with Crippen LogP contribution in [-0.4, -0.2) is 102 Å². The number of imide groups is 2. The summed E-state index contributed by atoms with van der Waals surface area (Å²) in [7, 11) is 0. The first-order valence-electron chi connectivity index (χ1n) is 19.5. The Balaban J connectivity index is -0.000000107. The van der Waals surface area contributed by atoms with Crippen molar-refractivity contribution in [1.82, 2.24) is 37.2 Å². The maximum atomic E-state index is 10.1. The van der Waals surface area contributed by atoms with E-state index in [4.69, 9.17) is 4.74 Å². The van der Waals surface area contributed by atoms with Crippen LogP contribution >= 0.6 is 0 Å². The molecule has 0 aromatic carbocycles. The molecule has 5 saturated heterocycles. The van der Waals surface area contributed by atoms with E-state index in [2.05, 4.69) is 31.9 Å². The van der Waals surface area contributed by atoms with Crippen molar-refractivity contribution in [2.45, 2.75) is 128 Å². The summed E-state index contributed by atoms with van der Waals surface area (Å²) >= 11 is 0. The number of morpholine rings is 1. The molecule has 0 radical (unpaired) electrons. The number of rotatable bonds is 0. The fraction of sp³-hybridized carbons (Fsp3) is 0.838. The Morgan fingerprint density at radius 1 is 0.388 bits per heavy atom. The lowest BCUT2D eigenvalue weighted by Gasteiger charge is -2.11. The minimum atomic E-state index is -0.329. The average Bonchev–Trinajstić information content (AvgIpc) is 4.02. The number of carbonyl (C=O) groups is 4. The van der Waals surface area contributed by atoms with Gasteiger partial charge in [-0.3, -0.25) is 29.8 Å². The van der Waals surface area contributed by atoms with Crippen molar-refractivity contribution in [2.75, 3.05) is 78.7 Å². The lowest BCUT2D eigenvalue weighted by Crippen LogP contribution is -2.39. The lowest BCUT2D eigenvalue weighted by atomic mass is 10.2. The van der Waals surface area contributed by atoms with E-state index in [1.54, 1.807) is 0 Å². The Bertz CT molecular complexity index is 565. The molecule has 0 aromatic heterocycles. The van der Waals surface area contributed by atoms with E-state index < -0.39 is 0 Å². The van der Waals surface area contributed by atoms with E-state index in [0.717, 1.165) is 52.5 Å². The summed E-state index contributed by atoms with van der Waals surface area (Å²) in [6.07, 6.45) is 10.1. The smallest absolute Gasteiger partial charge is 0.250 e. The van der Waals surface area contributed by atoms with Crippen LogP contribution in [0.3, 0.4) is 0 Å². The van der Waals surface area contributed by atoms with Gasteiger partial charge in [0.05, 0.1) is 13.2 Å². The summed E-state index contributed by atoms with van der Waals surface area (Å²) in [5.41, 5.74) is 0. The minimum absolute atomic E-state index is 0.148. The summed E-state index contributed by atoms with van der Waals surface area (Å²) in [5, 5.41) is 20.3. The SMILES string of the molecule is C1CCNC1.C1CCNCC1.C1CNCCN1.C1COCCN1.CC.CC.CC.CC.CC.CC.O=C1C=CC(=O)N1.O=C1CCC(=O)N1. The molecular weight excluding hydrogens is 622 g/mol. The first kappa shape index (κ1) is 59.0. The van der Waals surface area contributed by atoms with Crippen LogP contribution in [0.5, 0.6) is 0 Å². The zero-order valence-electron chi connectivity index (χ0n) is 34.1. The molecule has 0 aliphatic carbocycles. The Hall–Kier alpha value is -2.22. The normalized spacial score (nSPS) is 17.4. The highest BCUT2D eigenvalue weighted by molar-refractivity contribution is 6.12. The first-order chi connectivity index (χ1) is 24.1. The number of hydrogen-bond donors (Lipinski definition) is 7. The second-order valence-electron chi connectivity index (χ2n) is 8.79. The number of piperidine rings is 1. The van der Waals surface area contributed by atoms with E-state index in [9.17, 15) is 19.2 Å². The van der Waals surface area contributed by atoms with Gasteiger partial charge in [-0.2, -0.15) is 0 Å². The molecule has 296 valence electrons. The summed E-state index contributed by atoms with van der Waals surface area (Å²) in [6.45, 7) is 37.4. The summed E-state index contributed by atoms with van der Waals surface area (Å²) in [5.74, 6) is -0.954. The van der Waals surface area contributed by atoms with Gasteiger partial charge in [-0.1, -0.05) is 89.5 Å². The van der Waals surface area contributed by atoms with Crippen molar-refractivity contribution in [3.8, 4) is 0 Å². The zero-order valence-corrected chi connectivity index (χ0v) is 34.1. The Morgan fingerprint density at radius 2 is 0.673 bits per heavy atom. The summed E-state index contributed by atoms with van der Waals surface area (Å²) in [6, 6.07) is 0. The van der Waals surface area contributed by atoms with Crippen LogP contribution in [0, 0.1) is 0 Å². The average molecular weight is 706 g/mol. The second-order valence-corrected chi connectivity index (χ2v) is 8.79. The first-order valence-corrected chi connectivity index (χ1v) is 19.5. The van der Waals surface area contributed by atoms with Crippen molar-refractivity contribution in [3.05, 3.63) is 12.2 Å². The van der Waals surface area contributed by atoms with Crippen LogP contribution in [0.1, 0.15) is 128 Å². The largest absolute Gasteiger partial charge is 0.379 e. The highest BCUT2D eigenvalue weighted by Gasteiger charge is 2.15. The van der Waals surface area contributed by atoms with E-state index in [0.29, 0.717) is 12.8 Å². The highest BCUT2D eigenvalue weighted by atomic mass is 16.5. The standard InChI is InChI=1S/C5H11N.C4H10N2.C4H5NO2.C4H3NO2.C4H9NO.C4H9N.6C2H6/c1-2-4-6-5-3-1;1-2-6-4-3-5-1;2*6-3-1-2-4(7)5-3;1-3-6-4-2-5-1;1-2-4-5-3-1;6*1-2/h6H,1-5H2;5-6H,1-4H2;1-2H2,(H,5,6,7);1-2H,(H,5,6,7);5H,1-4H2;5H,1-4H2;6*1-2H3. The monoisotopic (exact) mass is 706 g/mol. The maximum Gasteiger partial charge on any atom is 0.250 e. The molecular formula is C37H83N7O5. The second kappa shape index (κ2) is 61.0. The van der Waals surface area contributed by atoms with Crippen LogP contribution in [0.15, 0.2) is 12.2 Å². The van der Waals surface area contributed by atoms with Crippen LogP contribution in [0.2, 0.25) is 0 Å². The molecule has 0 bridgehead atoms. The van der Waals surface area contributed by atoms with Gasteiger partial charge in [0, 0.05) is 64.3 Å². The Kier molecular flexibility index (Phi) is 73.4. The van der Waals surface area contributed by atoms with Crippen molar-refractivity contribution < 1.29 is 23.9 Å². The fourth-order valence-corrected chi connectivity index (χ4v) is 3.41. The maximum absolute atomic E-state index is 10.1. The summed E-state index contributed by atoms with van der Waals surface area (Å²) in [4.78, 5) is 40.3. The number of piperazine rings is 1. The molecule has 0 aromatic rings. The number of nitrogens with one attached hydrogen (secondary N) is 7. The predicted molar refractivity (Wildman–Crippen MR) is 211 cm³/mol. The van der Waals surface area contributed by atoms with Crippen LogP contribution in [-0.2, 0) is 23.9 Å². The number of amides is 4.